The van der Waals surface area contributed by atoms with Crippen molar-refractivity contribution in [2.24, 2.45) is 0 Å². The molecule has 9 nitrogen and oxygen atoms in total. The van der Waals surface area contributed by atoms with Crippen LogP contribution in [-0.4, -0.2) is 68.4 Å². The van der Waals surface area contributed by atoms with Gasteiger partial charge in [-0.25, -0.2) is 0 Å². The zero-order valence-electron chi connectivity index (χ0n) is 15.2. The Morgan fingerprint density at radius 2 is 1.44 bits per heavy atom. The lowest BCUT2D eigenvalue weighted by molar-refractivity contribution is -0.230. The SMILES string of the molecule is COP(=O)(CC(=O)[C@H]1O[C@@H]2OC(C)(C)O[C@@H]2[C@H]2OC(C)(C)O[C@H]21)OC. The highest BCUT2D eigenvalue weighted by Gasteiger charge is 2.62. The average molecular weight is 380 g/mol. The maximum absolute atomic E-state index is 12.7. The van der Waals surface area contributed by atoms with E-state index in [1.165, 1.54) is 14.2 Å². The standard InChI is InChI=1S/C15H25O9P/c1-14(2)21-10-9(8(16)7-25(17,18-5)19-6)20-13-12(11(10)22-14)23-15(3,4)24-13/h9-13H,7H2,1-6H3/t9-,10+,11+,12-,13-/m1/s1. The van der Waals surface area contributed by atoms with E-state index in [9.17, 15) is 9.36 Å². The normalized spacial score (nSPS) is 39.0. The topological polar surface area (TPSA) is 98.8 Å². The molecule has 0 bridgehead atoms. The minimum atomic E-state index is -3.52. The molecule has 0 N–H and O–H groups in total. The summed E-state index contributed by atoms with van der Waals surface area (Å²) in [5.41, 5.74) is 0. The van der Waals surface area contributed by atoms with E-state index in [4.69, 9.17) is 32.7 Å². The Bertz CT molecular complexity index is 582. The lowest BCUT2D eigenvalue weighted by atomic mass is 9.97. The summed E-state index contributed by atoms with van der Waals surface area (Å²) in [4.78, 5) is 12.7. The molecular formula is C15H25O9P. The molecule has 0 spiro atoms. The molecule has 3 aliphatic heterocycles. The van der Waals surface area contributed by atoms with Gasteiger partial charge in [0, 0.05) is 14.2 Å². The van der Waals surface area contributed by atoms with Crippen molar-refractivity contribution < 1.29 is 42.1 Å². The summed E-state index contributed by atoms with van der Waals surface area (Å²) in [5.74, 6) is -2.24. The van der Waals surface area contributed by atoms with Gasteiger partial charge in [0.05, 0.1) is 0 Å². The van der Waals surface area contributed by atoms with E-state index in [0.29, 0.717) is 0 Å². The lowest BCUT2D eigenvalue weighted by Crippen LogP contribution is -2.57. The molecule has 0 aromatic heterocycles. The molecule has 0 aromatic rings. The highest BCUT2D eigenvalue weighted by Crippen LogP contribution is 2.49. The van der Waals surface area contributed by atoms with Crippen molar-refractivity contribution in [2.45, 2.75) is 70.0 Å². The molecule has 3 saturated heterocycles. The van der Waals surface area contributed by atoms with Crippen molar-refractivity contribution in [2.75, 3.05) is 20.4 Å². The predicted octanol–water partition coefficient (Wildman–Crippen LogP) is 1.44. The van der Waals surface area contributed by atoms with Crippen molar-refractivity contribution in [3.05, 3.63) is 0 Å². The van der Waals surface area contributed by atoms with Crippen LogP contribution in [0.1, 0.15) is 27.7 Å². The molecule has 0 amide bonds. The van der Waals surface area contributed by atoms with Gasteiger partial charge in [-0.2, -0.15) is 0 Å². The van der Waals surface area contributed by atoms with Gasteiger partial charge < -0.3 is 32.7 Å². The first-order valence-electron chi connectivity index (χ1n) is 8.09. The second-order valence-corrected chi connectivity index (χ2v) is 9.46. The van der Waals surface area contributed by atoms with Gasteiger partial charge in [0.2, 0.25) is 0 Å². The van der Waals surface area contributed by atoms with Gasteiger partial charge in [-0.1, -0.05) is 0 Å². The molecular weight excluding hydrogens is 355 g/mol. The summed E-state index contributed by atoms with van der Waals surface area (Å²) in [7, 11) is -1.07. The van der Waals surface area contributed by atoms with Crippen LogP contribution >= 0.6 is 7.60 Å². The van der Waals surface area contributed by atoms with Crippen molar-refractivity contribution in [3.63, 3.8) is 0 Å². The van der Waals surface area contributed by atoms with Crippen molar-refractivity contribution >= 4 is 13.4 Å². The van der Waals surface area contributed by atoms with Gasteiger partial charge in [-0.05, 0) is 27.7 Å². The molecule has 3 aliphatic rings. The third-order valence-electron chi connectivity index (χ3n) is 4.38. The number of rotatable bonds is 5. The fourth-order valence-corrected chi connectivity index (χ4v) is 4.32. The van der Waals surface area contributed by atoms with Crippen LogP contribution in [0.25, 0.3) is 0 Å². The maximum atomic E-state index is 12.7. The second kappa shape index (κ2) is 6.35. The maximum Gasteiger partial charge on any atom is 0.337 e. The van der Waals surface area contributed by atoms with Gasteiger partial charge in [-0.15, -0.1) is 0 Å². The first-order chi connectivity index (χ1) is 11.5. The molecule has 0 radical (unpaired) electrons. The lowest BCUT2D eigenvalue weighted by Gasteiger charge is -2.36. The number of ether oxygens (including phenoxy) is 5. The molecule has 0 unspecified atom stereocenters. The van der Waals surface area contributed by atoms with E-state index in [1.807, 2.05) is 0 Å². The minimum absolute atomic E-state index is 0.431. The molecule has 10 heteroatoms. The van der Waals surface area contributed by atoms with Crippen LogP contribution in [0, 0.1) is 0 Å². The van der Waals surface area contributed by atoms with Crippen molar-refractivity contribution in [1.29, 1.82) is 0 Å². The van der Waals surface area contributed by atoms with Crippen LogP contribution in [0.15, 0.2) is 0 Å². The first kappa shape index (κ1) is 19.4. The second-order valence-electron chi connectivity index (χ2n) is 7.19. The summed E-state index contributed by atoms with van der Waals surface area (Å²) in [6.45, 7) is 7.01. The Hall–Kier alpha value is -0.380. The number of hydrogen-bond acceptors (Lipinski definition) is 9. The fraction of sp³-hybridized carbons (Fsp3) is 0.933. The summed E-state index contributed by atoms with van der Waals surface area (Å²) in [6, 6.07) is 0. The van der Waals surface area contributed by atoms with Gasteiger partial charge >= 0.3 is 7.60 Å². The van der Waals surface area contributed by atoms with Crippen LogP contribution < -0.4 is 0 Å². The van der Waals surface area contributed by atoms with Gasteiger partial charge in [0.1, 0.15) is 30.6 Å². The van der Waals surface area contributed by atoms with Crippen molar-refractivity contribution in [3.8, 4) is 0 Å². The number of carbonyl (C=O) groups excluding carboxylic acids is 1. The van der Waals surface area contributed by atoms with Gasteiger partial charge in [0.25, 0.3) is 0 Å². The Balaban J connectivity index is 1.84. The van der Waals surface area contributed by atoms with Crippen LogP contribution in [0.3, 0.4) is 0 Å². The third-order valence-corrected chi connectivity index (χ3v) is 6.19. The molecule has 0 saturated carbocycles. The smallest absolute Gasteiger partial charge is 0.337 e. The zero-order chi connectivity index (χ0) is 18.6. The summed E-state index contributed by atoms with van der Waals surface area (Å²) < 4.78 is 51.2. The molecule has 25 heavy (non-hydrogen) atoms. The fourth-order valence-electron chi connectivity index (χ4n) is 3.36. The Kier molecular flexibility index (Phi) is 4.92. The first-order valence-corrected chi connectivity index (χ1v) is 9.82. The summed E-state index contributed by atoms with van der Waals surface area (Å²) in [6.07, 6.45) is -4.02. The minimum Gasteiger partial charge on any atom is -0.342 e. The van der Waals surface area contributed by atoms with Crippen LogP contribution in [0.2, 0.25) is 0 Å². The molecule has 144 valence electrons. The van der Waals surface area contributed by atoms with Crippen LogP contribution in [0.4, 0.5) is 0 Å². The zero-order valence-corrected chi connectivity index (χ0v) is 16.1. The molecule has 5 atom stereocenters. The molecule has 3 fully saturated rings. The highest BCUT2D eigenvalue weighted by molar-refractivity contribution is 7.54. The summed E-state index contributed by atoms with van der Waals surface area (Å²) in [5, 5.41) is 0. The van der Waals surface area contributed by atoms with Crippen LogP contribution in [0.5, 0.6) is 0 Å². The Morgan fingerprint density at radius 3 is 2.04 bits per heavy atom. The van der Waals surface area contributed by atoms with Crippen LogP contribution in [-0.2, 0) is 42.1 Å². The van der Waals surface area contributed by atoms with E-state index in [1.54, 1.807) is 27.7 Å². The van der Waals surface area contributed by atoms with Gasteiger partial charge in [0.15, 0.2) is 23.6 Å². The van der Waals surface area contributed by atoms with E-state index in [-0.39, 0.29) is 0 Å². The number of hydrogen-bond donors (Lipinski definition) is 0. The van der Waals surface area contributed by atoms with E-state index in [0.717, 1.165) is 0 Å². The summed E-state index contributed by atoms with van der Waals surface area (Å²) >= 11 is 0. The number of fused-ring (bicyclic) bond motifs is 3. The number of ketones is 1. The van der Waals surface area contributed by atoms with E-state index in [2.05, 4.69) is 0 Å². The third kappa shape index (κ3) is 3.70. The molecule has 0 aliphatic carbocycles. The molecule has 3 rings (SSSR count). The molecule has 0 aromatic carbocycles. The van der Waals surface area contributed by atoms with E-state index < -0.39 is 61.8 Å². The van der Waals surface area contributed by atoms with Crippen molar-refractivity contribution in [1.82, 2.24) is 0 Å². The quantitative estimate of drug-likeness (QED) is 0.656. The number of carbonyl (C=O) groups is 1. The largest absolute Gasteiger partial charge is 0.342 e. The molecule has 3 heterocycles. The van der Waals surface area contributed by atoms with E-state index >= 15 is 0 Å². The Morgan fingerprint density at radius 1 is 0.920 bits per heavy atom. The monoisotopic (exact) mass is 380 g/mol. The number of Topliss-reactive ketones (excluding diaryl/α,β-unsaturated/α-hetero) is 1. The van der Waals surface area contributed by atoms with Gasteiger partial charge in [-0.3, -0.25) is 9.36 Å². The Labute approximate surface area is 146 Å². The highest BCUT2D eigenvalue weighted by atomic mass is 31.2. The predicted molar refractivity (Wildman–Crippen MR) is 84.0 cm³/mol. The average Bonchev–Trinajstić information content (AvgIpc) is 3.00.